The number of methoxy groups -OCH3 is 1. The van der Waals surface area contributed by atoms with Crippen molar-refractivity contribution in [3.05, 3.63) is 29.3 Å². The van der Waals surface area contributed by atoms with Gasteiger partial charge in [0.05, 0.1) is 13.7 Å². The summed E-state index contributed by atoms with van der Waals surface area (Å²) in [5.41, 5.74) is 0. The zero-order valence-corrected chi connectivity index (χ0v) is 12.1. The van der Waals surface area contributed by atoms with Crippen LogP contribution in [0.4, 0.5) is 5.13 Å². The third-order valence-electron chi connectivity index (χ3n) is 2.60. The quantitative estimate of drug-likeness (QED) is 0.812. The van der Waals surface area contributed by atoms with Crippen LogP contribution in [0.25, 0.3) is 0 Å². The van der Waals surface area contributed by atoms with Crippen LogP contribution in [0.15, 0.2) is 24.3 Å². The van der Waals surface area contributed by atoms with E-state index < -0.39 is 0 Å². The topological polar surface area (TPSA) is 47.5 Å². The normalized spacial score (nSPS) is 10.3. The fraction of sp³-hybridized carbons (Fsp3) is 0.385. The molecule has 2 aromatic rings. The van der Waals surface area contributed by atoms with Gasteiger partial charge in [0, 0.05) is 7.05 Å². The van der Waals surface area contributed by atoms with E-state index in [2.05, 4.69) is 10.2 Å². The van der Waals surface area contributed by atoms with E-state index in [9.17, 15) is 0 Å². The number of rotatable bonds is 6. The maximum atomic E-state index is 5.72. The van der Waals surface area contributed by atoms with Gasteiger partial charge < -0.3 is 14.4 Å². The zero-order chi connectivity index (χ0) is 13.7. The monoisotopic (exact) mass is 279 g/mol. The van der Waals surface area contributed by atoms with E-state index in [1.807, 2.05) is 43.1 Å². The summed E-state index contributed by atoms with van der Waals surface area (Å²) in [6.07, 6.45) is 0. The van der Waals surface area contributed by atoms with Gasteiger partial charge in [-0.1, -0.05) is 23.5 Å². The number of para-hydroxylation sites is 2. The van der Waals surface area contributed by atoms with Gasteiger partial charge in [0.2, 0.25) is 5.13 Å². The Balaban J connectivity index is 1.86. The first-order chi connectivity index (χ1) is 9.20. The second kappa shape index (κ2) is 6.38. The fourth-order valence-corrected chi connectivity index (χ4v) is 2.24. The first kappa shape index (κ1) is 13.6. The molecular formula is C13H17N3O2S. The Kier molecular flexibility index (Phi) is 4.57. The van der Waals surface area contributed by atoms with Gasteiger partial charge in [0.25, 0.3) is 0 Å². The maximum Gasteiger partial charge on any atom is 0.208 e. The zero-order valence-electron chi connectivity index (χ0n) is 11.3. The van der Waals surface area contributed by atoms with Gasteiger partial charge in [0.1, 0.15) is 11.6 Å². The van der Waals surface area contributed by atoms with Crippen molar-refractivity contribution in [3.8, 4) is 11.5 Å². The first-order valence-corrected chi connectivity index (χ1v) is 6.79. The van der Waals surface area contributed by atoms with Crippen LogP contribution >= 0.6 is 11.3 Å². The van der Waals surface area contributed by atoms with Crippen LogP contribution in [0.1, 0.15) is 5.01 Å². The Morgan fingerprint density at radius 3 is 2.58 bits per heavy atom. The molecule has 19 heavy (non-hydrogen) atoms. The third-order valence-corrected chi connectivity index (χ3v) is 3.55. The fourth-order valence-electron chi connectivity index (χ4n) is 1.57. The number of likely N-dealkylation sites (N-methyl/N-ethyl adjacent to an activating group) is 1. The number of aromatic nitrogens is 2. The summed E-state index contributed by atoms with van der Waals surface area (Å²) in [6, 6.07) is 7.62. The van der Waals surface area contributed by atoms with Crippen LogP contribution in [0.3, 0.4) is 0 Å². The van der Waals surface area contributed by atoms with E-state index in [-0.39, 0.29) is 0 Å². The average Bonchev–Trinajstić information content (AvgIpc) is 2.86. The minimum absolute atomic E-state index is 0.565. The summed E-state index contributed by atoms with van der Waals surface area (Å²) >= 11 is 1.57. The second-order valence-electron chi connectivity index (χ2n) is 4.02. The van der Waals surface area contributed by atoms with Gasteiger partial charge >= 0.3 is 0 Å². The molecule has 5 nitrogen and oxygen atoms in total. The Morgan fingerprint density at radius 1 is 1.21 bits per heavy atom. The minimum Gasteiger partial charge on any atom is -0.493 e. The molecule has 0 spiro atoms. The highest BCUT2D eigenvalue weighted by atomic mass is 32.1. The number of aryl methyl sites for hydroxylation is 1. The Hall–Kier alpha value is -1.82. The molecule has 0 atom stereocenters. The molecule has 0 saturated heterocycles. The number of anilines is 1. The maximum absolute atomic E-state index is 5.72. The van der Waals surface area contributed by atoms with E-state index >= 15 is 0 Å². The average molecular weight is 279 g/mol. The molecule has 6 heteroatoms. The molecule has 0 radical (unpaired) electrons. The summed E-state index contributed by atoms with van der Waals surface area (Å²) in [5.74, 6) is 1.50. The van der Waals surface area contributed by atoms with Crippen LogP contribution in [-0.2, 0) is 0 Å². The molecule has 1 heterocycles. The summed E-state index contributed by atoms with van der Waals surface area (Å²) in [6.45, 7) is 3.25. The van der Waals surface area contributed by atoms with E-state index in [1.165, 1.54) is 0 Å². The predicted molar refractivity (Wildman–Crippen MR) is 76.4 cm³/mol. The third kappa shape index (κ3) is 3.57. The van der Waals surface area contributed by atoms with Crippen molar-refractivity contribution < 1.29 is 9.47 Å². The Labute approximate surface area is 116 Å². The van der Waals surface area contributed by atoms with Crippen molar-refractivity contribution in [2.45, 2.75) is 6.92 Å². The molecule has 0 amide bonds. The summed E-state index contributed by atoms with van der Waals surface area (Å²) in [4.78, 5) is 2.03. The number of hydrogen-bond acceptors (Lipinski definition) is 6. The lowest BCUT2D eigenvalue weighted by Crippen LogP contribution is -2.23. The van der Waals surface area contributed by atoms with Gasteiger partial charge in [-0.2, -0.15) is 0 Å². The molecular weight excluding hydrogens is 262 g/mol. The lowest BCUT2D eigenvalue weighted by molar-refractivity contribution is 0.301. The second-order valence-corrected chi connectivity index (χ2v) is 5.18. The molecule has 0 aliphatic carbocycles. The lowest BCUT2D eigenvalue weighted by Gasteiger charge is -2.16. The molecule has 0 bridgehead atoms. The highest BCUT2D eigenvalue weighted by Gasteiger charge is 2.07. The molecule has 0 aliphatic heterocycles. The molecule has 2 rings (SSSR count). The molecule has 1 aromatic carbocycles. The SMILES string of the molecule is COc1ccccc1OCCN(C)c1nnc(C)s1. The van der Waals surface area contributed by atoms with Crippen molar-refractivity contribution in [1.82, 2.24) is 10.2 Å². The summed E-state index contributed by atoms with van der Waals surface area (Å²) < 4.78 is 10.9. The van der Waals surface area contributed by atoms with Crippen LogP contribution in [0.2, 0.25) is 0 Å². The van der Waals surface area contributed by atoms with Crippen LogP contribution < -0.4 is 14.4 Å². The largest absolute Gasteiger partial charge is 0.493 e. The van der Waals surface area contributed by atoms with Crippen molar-refractivity contribution >= 4 is 16.5 Å². The molecule has 102 valence electrons. The molecule has 1 aromatic heterocycles. The predicted octanol–water partition coefficient (Wildman–Crippen LogP) is 2.37. The number of nitrogens with zero attached hydrogens (tertiary/aromatic N) is 3. The number of ether oxygens (including phenoxy) is 2. The highest BCUT2D eigenvalue weighted by Crippen LogP contribution is 2.25. The van der Waals surface area contributed by atoms with Gasteiger partial charge in [0.15, 0.2) is 11.5 Å². The molecule has 0 saturated carbocycles. The van der Waals surface area contributed by atoms with Gasteiger partial charge in [-0.3, -0.25) is 0 Å². The van der Waals surface area contributed by atoms with Gasteiger partial charge in [-0.05, 0) is 19.1 Å². The standard InChI is InChI=1S/C13H17N3O2S/c1-10-14-15-13(19-10)16(2)8-9-18-12-7-5-4-6-11(12)17-3/h4-7H,8-9H2,1-3H3. The smallest absolute Gasteiger partial charge is 0.208 e. The van der Waals surface area contributed by atoms with E-state index in [4.69, 9.17) is 9.47 Å². The molecule has 0 N–H and O–H groups in total. The Bertz CT molecular complexity index is 530. The van der Waals surface area contributed by atoms with E-state index in [0.29, 0.717) is 6.61 Å². The molecule has 0 aliphatic rings. The van der Waals surface area contributed by atoms with Crippen molar-refractivity contribution in [2.24, 2.45) is 0 Å². The van der Waals surface area contributed by atoms with Gasteiger partial charge in [-0.25, -0.2) is 0 Å². The summed E-state index contributed by atoms with van der Waals surface area (Å²) in [5, 5.41) is 9.96. The highest BCUT2D eigenvalue weighted by molar-refractivity contribution is 7.15. The molecule has 0 unspecified atom stereocenters. The van der Waals surface area contributed by atoms with Gasteiger partial charge in [-0.15, -0.1) is 10.2 Å². The first-order valence-electron chi connectivity index (χ1n) is 5.98. The van der Waals surface area contributed by atoms with Crippen LogP contribution in [-0.4, -0.2) is 37.5 Å². The summed E-state index contributed by atoms with van der Waals surface area (Å²) in [7, 11) is 3.61. The Morgan fingerprint density at radius 2 is 1.95 bits per heavy atom. The van der Waals surface area contributed by atoms with Crippen molar-refractivity contribution in [3.63, 3.8) is 0 Å². The van der Waals surface area contributed by atoms with Crippen LogP contribution in [0, 0.1) is 6.92 Å². The molecule has 0 fully saturated rings. The van der Waals surface area contributed by atoms with Crippen LogP contribution in [0.5, 0.6) is 11.5 Å². The van der Waals surface area contributed by atoms with Crippen molar-refractivity contribution in [2.75, 3.05) is 32.2 Å². The lowest BCUT2D eigenvalue weighted by atomic mass is 10.3. The van der Waals surface area contributed by atoms with Crippen molar-refractivity contribution in [1.29, 1.82) is 0 Å². The minimum atomic E-state index is 0.565. The number of benzene rings is 1. The van der Waals surface area contributed by atoms with E-state index in [1.54, 1.807) is 18.4 Å². The number of hydrogen-bond donors (Lipinski definition) is 0. The van der Waals surface area contributed by atoms with E-state index in [0.717, 1.165) is 28.2 Å².